The number of amides is 1. The van der Waals surface area contributed by atoms with Crippen LogP contribution in [0.25, 0.3) is 0 Å². The summed E-state index contributed by atoms with van der Waals surface area (Å²) >= 11 is 5.39. The summed E-state index contributed by atoms with van der Waals surface area (Å²) in [6.45, 7) is 1.07. The second-order valence-corrected chi connectivity index (χ2v) is 8.88. The van der Waals surface area contributed by atoms with Crippen molar-refractivity contribution in [1.82, 2.24) is 5.32 Å². The fraction of sp³-hybridized carbons (Fsp3) is 0.619. The van der Waals surface area contributed by atoms with Crippen LogP contribution in [0.1, 0.15) is 38.5 Å². The minimum atomic E-state index is -0.181. The number of hydrogen-bond acceptors (Lipinski definition) is 4. The van der Waals surface area contributed by atoms with Gasteiger partial charge in [0, 0.05) is 12.8 Å². The molecule has 4 bridgehead atoms. The molecule has 146 valence electrons. The zero-order chi connectivity index (χ0) is 18.9. The number of methoxy groups -OCH3 is 1. The molecule has 0 saturated heterocycles. The number of ether oxygens (including phenoxy) is 2. The molecule has 4 aliphatic rings. The monoisotopic (exact) mass is 388 g/mol. The van der Waals surface area contributed by atoms with E-state index in [1.807, 2.05) is 24.3 Å². The third kappa shape index (κ3) is 4.11. The predicted molar refractivity (Wildman–Crippen MR) is 109 cm³/mol. The molecule has 0 radical (unpaired) electrons. The van der Waals surface area contributed by atoms with E-state index in [0.717, 1.165) is 48.5 Å². The van der Waals surface area contributed by atoms with Crippen LogP contribution in [0.3, 0.4) is 0 Å². The first-order chi connectivity index (χ1) is 13.1. The van der Waals surface area contributed by atoms with E-state index < -0.39 is 0 Å². The molecular formula is C21H28N2O3S. The summed E-state index contributed by atoms with van der Waals surface area (Å²) in [5.41, 5.74) is 0.657. The first kappa shape index (κ1) is 18.7. The highest BCUT2D eigenvalue weighted by atomic mass is 32.1. The predicted octanol–water partition coefficient (Wildman–Crippen LogP) is 3.74. The quantitative estimate of drug-likeness (QED) is 0.574. The van der Waals surface area contributed by atoms with Crippen LogP contribution in [-0.4, -0.2) is 31.3 Å². The lowest BCUT2D eigenvalue weighted by Crippen LogP contribution is -2.55. The van der Waals surface area contributed by atoms with Gasteiger partial charge in [-0.2, -0.15) is 0 Å². The molecule has 0 atom stereocenters. The summed E-state index contributed by atoms with van der Waals surface area (Å²) in [4.78, 5) is 13.0. The SMILES string of the molecule is COCCOc1ccc(NC(=S)NC(=O)C23CC4CC(CC(C4)C2)C3)cc1. The molecule has 4 aliphatic carbocycles. The first-order valence-corrected chi connectivity index (χ1v) is 10.3. The lowest BCUT2D eigenvalue weighted by Gasteiger charge is -2.55. The van der Waals surface area contributed by atoms with E-state index in [1.165, 1.54) is 19.3 Å². The molecule has 0 spiro atoms. The summed E-state index contributed by atoms with van der Waals surface area (Å²) in [7, 11) is 1.65. The van der Waals surface area contributed by atoms with Crippen LogP contribution in [0.4, 0.5) is 5.69 Å². The minimum absolute atomic E-state index is 0.124. The largest absolute Gasteiger partial charge is 0.491 e. The van der Waals surface area contributed by atoms with E-state index in [9.17, 15) is 4.79 Å². The van der Waals surface area contributed by atoms with Crippen molar-refractivity contribution < 1.29 is 14.3 Å². The van der Waals surface area contributed by atoms with Gasteiger partial charge >= 0.3 is 0 Å². The molecule has 27 heavy (non-hydrogen) atoms. The van der Waals surface area contributed by atoms with Gasteiger partial charge in [-0.05, 0) is 92.8 Å². The van der Waals surface area contributed by atoms with E-state index in [0.29, 0.717) is 18.3 Å². The Bertz CT molecular complexity index is 669. The summed E-state index contributed by atoms with van der Waals surface area (Å²) < 4.78 is 10.5. The minimum Gasteiger partial charge on any atom is -0.491 e. The normalized spacial score (nSPS) is 30.8. The summed E-state index contributed by atoms with van der Waals surface area (Å²) in [5, 5.41) is 6.47. The van der Waals surface area contributed by atoms with Gasteiger partial charge in [0.1, 0.15) is 12.4 Å². The number of benzene rings is 1. The van der Waals surface area contributed by atoms with Crippen molar-refractivity contribution in [3.05, 3.63) is 24.3 Å². The Kier molecular flexibility index (Phi) is 5.37. The van der Waals surface area contributed by atoms with Gasteiger partial charge in [0.2, 0.25) is 5.91 Å². The number of anilines is 1. The molecule has 0 aliphatic heterocycles. The smallest absolute Gasteiger partial charge is 0.232 e. The molecule has 1 aromatic carbocycles. The fourth-order valence-corrected chi connectivity index (χ4v) is 5.87. The third-order valence-corrected chi connectivity index (χ3v) is 6.62. The summed E-state index contributed by atoms with van der Waals surface area (Å²) in [5.74, 6) is 3.14. The number of rotatable bonds is 6. The number of nitrogens with one attached hydrogen (secondary N) is 2. The molecule has 5 rings (SSSR count). The molecule has 4 fully saturated rings. The molecule has 4 saturated carbocycles. The Hall–Kier alpha value is -1.66. The van der Waals surface area contributed by atoms with Crippen LogP contribution in [0.5, 0.6) is 5.75 Å². The van der Waals surface area contributed by atoms with Gasteiger partial charge in [-0.15, -0.1) is 0 Å². The molecule has 6 heteroatoms. The maximum absolute atomic E-state index is 13.0. The molecular weight excluding hydrogens is 360 g/mol. The van der Waals surface area contributed by atoms with Gasteiger partial charge in [0.25, 0.3) is 0 Å². The Labute approximate surface area is 166 Å². The maximum Gasteiger partial charge on any atom is 0.232 e. The molecule has 1 aromatic rings. The second kappa shape index (κ2) is 7.76. The standard InChI is InChI=1S/C21H28N2O3S/c1-25-6-7-26-18-4-2-17(3-5-18)22-20(27)23-19(24)21-11-14-8-15(12-21)10-16(9-14)13-21/h2-5,14-16H,6-13H2,1H3,(H2,22,23,24,27). The van der Waals surface area contributed by atoms with Crippen molar-refractivity contribution in [1.29, 1.82) is 0 Å². The van der Waals surface area contributed by atoms with Gasteiger partial charge in [-0.3, -0.25) is 4.79 Å². The molecule has 5 nitrogen and oxygen atoms in total. The van der Waals surface area contributed by atoms with Gasteiger partial charge < -0.3 is 20.1 Å². The van der Waals surface area contributed by atoms with Gasteiger partial charge in [0.15, 0.2) is 5.11 Å². The van der Waals surface area contributed by atoms with E-state index >= 15 is 0 Å². The zero-order valence-electron chi connectivity index (χ0n) is 15.8. The number of carbonyl (C=O) groups is 1. The van der Waals surface area contributed by atoms with Gasteiger partial charge in [-0.25, -0.2) is 0 Å². The van der Waals surface area contributed by atoms with Crippen molar-refractivity contribution in [2.45, 2.75) is 38.5 Å². The van der Waals surface area contributed by atoms with Crippen LogP contribution in [-0.2, 0) is 9.53 Å². The van der Waals surface area contributed by atoms with E-state index in [-0.39, 0.29) is 11.3 Å². The third-order valence-electron chi connectivity index (χ3n) is 6.42. The van der Waals surface area contributed by atoms with Crippen molar-refractivity contribution in [2.24, 2.45) is 23.2 Å². The van der Waals surface area contributed by atoms with Crippen molar-refractivity contribution >= 4 is 28.9 Å². The van der Waals surface area contributed by atoms with Crippen LogP contribution in [0.15, 0.2) is 24.3 Å². The van der Waals surface area contributed by atoms with E-state index in [1.54, 1.807) is 7.11 Å². The summed E-state index contributed by atoms with van der Waals surface area (Å²) in [6, 6.07) is 7.54. The van der Waals surface area contributed by atoms with E-state index in [2.05, 4.69) is 10.6 Å². The van der Waals surface area contributed by atoms with Crippen molar-refractivity contribution in [2.75, 3.05) is 25.6 Å². The zero-order valence-corrected chi connectivity index (χ0v) is 16.6. The lowest BCUT2D eigenvalue weighted by molar-refractivity contribution is -0.144. The van der Waals surface area contributed by atoms with Gasteiger partial charge in [-0.1, -0.05) is 0 Å². The Morgan fingerprint density at radius 2 is 1.67 bits per heavy atom. The van der Waals surface area contributed by atoms with Crippen LogP contribution in [0.2, 0.25) is 0 Å². The van der Waals surface area contributed by atoms with Crippen molar-refractivity contribution in [3.63, 3.8) is 0 Å². The molecule has 0 aromatic heterocycles. The second-order valence-electron chi connectivity index (χ2n) is 8.47. The lowest BCUT2D eigenvalue weighted by atomic mass is 9.49. The Morgan fingerprint density at radius 3 is 2.22 bits per heavy atom. The number of hydrogen-bond donors (Lipinski definition) is 2. The molecule has 2 N–H and O–H groups in total. The van der Waals surface area contributed by atoms with Crippen LogP contribution >= 0.6 is 12.2 Å². The number of carbonyl (C=O) groups excluding carboxylic acids is 1. The maximum atomic E-state index is 13.0. The fourth-order valence-electron chi connectivity index (χ4n) is 5.66. The molecule has 0 unspecified atom stereocenters. The Morgan fingerprint density at radius 1 is 1.07 bits per heavy atom. The van der Waals surface area contributed by atoms with Crippen LogP contribution < -0.4 is 15.4 Å². The number of thiocarbonyl (C=S) groups is 1. The topological polar surface area (TPSA) is 59.6 Å². The summed E-state index contributed by atoms with van der Waals surface area (Å²) in [6.07, 6.45) is 7.11. The van der Waals surface area contributed by atoms with E-state index in [4.69, 9.17) is 21.7 Å². The van der Waals surface area contributed by atoms with Crippen molar-refractivity contribution in [3.8, 4) is 5.75 Å². The Balaban J connectivity index is 1.31. The molecule has 0 heterocycles. The highest BCUT2D eigenvalue weighted by molar-refractivity contribution is 7.80. The van der Waals surface area contributed by atoms with Crippen LogP contribution in [0, 0.1) is 23.2 Å². The highest BCUT2D eigenvalue weighted by Gasteiger charge is 2.54. The highest BCUT2D eigenvalue weighted by Crippen LogP contribution is 2.60. The van der Waals surface area contributed by atoms with Gasteiger partial charge in [0.05, 0.1) is 12.0 Å². The average Bonchev–Trinajstić information content (AvgIpc) is 2.62. The first-order valence-electron chi connectivity index (χ1n) is 9.90. The average molecular weight is 389 g/mol. The molecule has 1 amide bonds.